The Morgan fingerprint density at radius 1 is 1.19 bits per heavy atom. The normalized spacial score (nSPS) is 12.6. The van der Waals surface area contributed by atoms with Crippen LogP contribution >= 0.6 is 0 Å². The molecule has 1 aromatic rings. The summed E-state index contributed by atoms with van der Waals surface area (Å²) in [5.41, 5.74) is 1.02. The smallest absolute Gasteiger partial charge is 0.203 e. The highest BCUT2D eigenvalue weighted by molar-refractivity contribution is 5.29. The minimum Gasteiger partial charge on any atom is -0.383 e. The van der Waals surface area contributed by atoms with Crippen LogP contribution in [0, 0.1) is 6.92 Å². The third kappa shape index (κ3) is 6.93. The lowest BCUT2D eigenvalue weighted by Crippen LogP contribution is -2.15. The van der Waals surface area contributed by atoms with E-state index in [4.69, 9.17) is 14.2 Å². The van der Waals surface area contributed by atoms with Crippen LogP contribution in [0.25, 0.3) is 0 Å². The number of hydrogen-bond donors (Lipinski definition) is 1. The molecule has 1 aromatic heterocycles. The van der Waals surface area contributed by atoms with E-state index in [-0.39, 0.29) is 6.04 Å². The minimum atomic E-state index is 0.274. The summed E-state index contributed by atoms with van der Waals surface area (Å²) in [4.78, 5) is 4.52. The van der Waals surface area contributed by atoms with Crippen LogP contribution in [-0.2, 0) is 14.2 Å². The molecule has 21 heavy (non-hydrogen) atoms. The molecule has 1 N–H and O–H groups in total. The number of unbranched alkanes of at least 4 members (excludes halogenated alkanes) is 1. The number of rotatable bonds is 12. The van der Waals surface area contributed by atoms with Gasteiger partial charge in [-0.3, -0.25) is 0 Å². The molecule has 1 heterocycles. The third-order valence-electron chi connectivity index (χ3n) is 3.17. The van der Waals surface area contributed by atoms with Gasteiger partial charge in [-0.2, -0.15) is 0 Å². The first kappa shape index (κ1) is 17.9. The summed E-state index contributed by atoms with van der Waals surface area (Å²) in [7, 11) is 3.40. The highest BCUT2D eigenvalue weighted by atomic mass is 16.5. The monoisotopic (exact) mass is 299 g/mol. The summed E-state index contributed by atoms with van der Waals surface area (Å²) >= 11 is 0. The lowest BCUT2D eigenvalue weighted by molar-refractivity contribution is 0.0691. The second-order valence-corrected chi connectivity index (χ2v) is 5.16. The predicted molar refractivity (Wildman–Crippen MR) is 84.0 cm³/mol. The lowest BCUT2D eigenvalue weighted by Gasteiger charge is -2.16. The number of aromatic nitrogens is 2. The summed E-state index contributed by atoms with van der Waals surface area (Å²) in [6, 6.07) is 0.274. The maximum absolute atomic E-state index is 5.43. The third-order valence-corrected chi connectivity index (χ3v) is 3.17. The molecule has 6 nitrogen and oxygen atoms in total. The van der Waals surface area contributed by atoms with Crippen molar-refractivity contribution in [2.75, 3.05) is 52.5 Å². The molecule has 1 rings (SSSR count). The number of nitrogens with one attached hydrogen (secondary N) is 1. The predicted octanol–water partition coefficient (Wildman–Crippen LogP) is 2.25. The molecule has 1 atom stereocenters. The average molecular weight is 299 g/mol. The van der Waals surface area contributed by atoms with Gasteiger partial charge in [-0.25, -0.2) is 4.98 Å². The van der Waals surface area contributed by atoms with Crippen LogP contribution in [0.3, 0.4) is 0 Å². The molecule has 0 aromatic carbocycles. The number of nitrogens with zero attached hydrogens (tertiary/aromatic N) is 2. The van der Waals surface area contributed by atoms with Crippen molar-refractivity contribution in [2.24, 2.45) is 0 Å². The SMILES string of the molecule is COCCOCCCCNc1nc(C)cn1C(C)COC. The van der Waals surface area contributed by atoms with Gasteiger partial charge in [0.25, 0.3) is 0 Å². The van der Waals surface area contributed by atoms with Gasteiger partial charge >= 0.3 is 0 Å². The zero-order valence-electron chi connectivity index (χ0n) is 13.7. The summed E-state index contributed by atoms with van der Waals surface area (Å²) < 4.78 is 17.7. The van der Waals surface area contributed by atoms with Gasteiger partial charge in [0.05, 0.1) is 31.6 Å². The Kier molecular flexibility index (Phi) is 9.05. The van der Waals surface area contributed by atoms with Gasteiger partial charge in [0, 0.05) is 33.6 Å². The molecule has 6 heteroatoms. The van der Waals surface area contributed by atoms with E-state index in [0.29, 0.717) is 19.8 Å². The number of ether oxygens (including phenoxy) is 3. The topological polar surface area (TPSA) is 57.5 Å². The Hall–Kier alpha value is -1.11. The van der Waals surface area contributed by atoms with E-state index in [1.807, 2.05) is 6.92 Å². The van der Waals surface area contributed by atoms with E-state index in [0.717, 1.165) is 37.6 Å². The van der Waals surface area contributed by atoms with Crippen molar-refractivity contribution in [2.45, 2.75) is 32.7 Å². The lowest BCUT2D eigenvalue weighted by atomic mass is 10.3. The fraction of sp³-hybridized carbons (Fsp3) is 0.800. The van der Waals surface area contributed by atoms with Gasteiger partial charge in [-0.05, 0) is 26.7 Å². The highest BCUT2D eigenvalue weighted by Gasteiger charge is 2.11. The molecule has 0 saturated heterocycles. The summed E-state index contributed by atoms with van der Waals surface area (Å²) in [5.74, 6) is 0.914. The highest BCUT2D eigenvalue weighted by Crippen LogP contribution is 2.16. The number of hydrogen-bond acceptors (Lipinski definition) is 5. The summed E-state index contributed by atoms with van der Waals surface area (Å²) in [6.07, 6.45) is 4.14. The summed E-state index contributed by atoms with van der Waals surface area (Å²) in [6.45, 7) is 7.80. The van der Waals surface area contributed by atoms with Gasteiger partial charge in [0.2, 0.25) is 5.95 Å². The molecule has 1 unspecified atom stereocenters. The zero-order chi connectivity index (χ0) is 15.5. The van der Waals surface area contributed by atoms with E-state index in [9.17, 15) is 0 Å². The Morgan fingerprint density at radius 2 is 2.00 bits per heavy atom. The molecule has 122 valence electrons. The van der Waals surface area contributed by atoms with Crippen molar-refractivity contribution < 1.29 is 14.2 Å². The van der Waals surface area contributed by atoms with Gasteiger partial charge in [0.1, 0.15) is 0 Å². The second kappa shape index (κ2) is 10.6. The molecule has 0 saturated carbocycles. The number of anilines is 1. The van der Waals surface area contributed by atoms with Crippen LogP contribution < -0.4 is 5.32 Å². The Labute approximate surface area is 127 Å². The fourth-order valence-electron chi connectivity index (χ4n) is 2.08. The molecule has 0 aliphatic heterocycles. The molecule has 0 radical (unpaired) electrons. The number of imidazole rings is 1. The largest absolute Gasteiger partial charge is 0.383 e. The molecular formula is C15H29N3O3. The second-order valence-electron chi connectivity index (χ2n) is 5.16. The van der Waals surface area contributed by atoms with E-state index in [2.05, 4.69) is 28.0 Å². The maximum Gasteiger partial charge on any atom is 0.203 e. The van der Waals surface area contributed by atoms with E-state index < -0.39 is 0 Å². The van der Waals surface area contributed by atoms with E-state index >= 15 is 0 Å². The van der Waals surface area contributed by atoms with Crippen molar-refractivity contribution in [3.8, 4) is 0 Å². The molecule has 0 aliphatic rings. The molecular weight excluding hydrogens is 270 g/mol. The summed E-state index contributed by atoms with van der Waals surface area (Å²) in [5, 5.41) is 3.39. The molecule has 0 fully saturated rings. The average Bonchev–Trinajstić information content (AvgIpc) is 2.83. The first-order valence-electron chi connectivity index (χ1n) is 7.54. The molecule has 0 spiro atoms. The first-order valence-corrected chi connectivity index (χ1v) is 7.54. The van der Waals surface area contributed by atoms with E-state index in [1.54, 1.807) is 14.2 Å². The Balaban J connectivity index is 2.25. The van der Waals surface area contributed by atoms with Crippen molar-refractivity contribution in [3.05, 3.63) is 11.9 Å². The van der Waals surface area contributed by atoms with Gasteiger partial charge in [0.15, 0.2) is 0 Å². The van der Waals surface area contributed by atoms with Crippen molar-refractivity contribution in [1.29, 1.82) is 0 Å². The molecule has 0 bridgehead atoms. The van der Waals surface area contributed by atoms with Crippen molar-refractivity contribution >= 4 is 5.95 Å². The maximum atomic E-state index is 5.43. The minimum absolute atomic E-state index is 0.274. The quantitative estimate of drug-likeness (QED) is 0.600. The molecule has 0 aliphatic carbocycles. The standard InChI is InChI=1S/C15H29N3O3/c1-13-11-18(14(2)12-20-4)15(17-13)16-7-5-6-8-21-10-9-19-3/h11,14H,5-10,12H2,1-4H3,(H,16,17). The van der Waals surface area contributed by atoms with Crippen LogP contribution in [0.1, 0.15) is 31.5 Å². The number of aryl methyl sites for hydroxylation is 1. The van der Waals surface area contributed by atoms with Gasteiger partial charge in [-0.1, -0.05) is 0 Å². The van der Waals surface area contributed by atoms with Crippen LogP contribution in [0.4, 0.5) is 5.95 Å². The Bertz CT molecular complexity index is 382. The zero-order valence-corrected chi connectivity index (χ0v) is 13.7. The molecule has 0 amide bonds. The van der Waals surface area contributed by atoms with Crippen molar-refractivity contribution in [3.63, 3.8) is 0 Å². The fourth-order valence-corrected chi connectivity index (χ4v) is 2.08. The van der Waals surface area contributed by atoms with Gasteiger partial charge < -0.3 is 24.1 Å². The van der Waals surface area contributed by atoms with Crippen molar-refractivity contribution in [1.82, 2.24) is 9.55 Å². The Morgan fingerprint density at radius 3 is 2.71 bits per heavy atom. The van der Waals surface area contributed by atoms with Crippen LogP contribution in [0.2, 0.25) is 0 Å². The first-order chi connectivity index (χ1) is 10.2. The van der Waals surface area contributed by atoms with Crippen LogP contribution in [0.15, 0.2) is 6.20 Å². The van der Waals surface area contributed by atoms with Crippen LogP contribution in [0.5, 0.6) is 0 Å². The van der Waals surface area contributed by atoms with Gasteiger partial charge in [-0.15, -0.1) is 0 Å². The van der Waals surface area contributed by atoms with E-state index in [1.165, 1.54) is 0 Å². The number of methoxy groups -OCH3 is 2. The van der Waals surface area contributed by atoms with Crippen LogP contribution in [-0.4, -0.2) is 56.7 Å².